The first kappa shape index (κ1) is 14.0. The third-order valence-corrected chi connectivity index (χ3v) is 2.52. The molecule has 0 saturated heterocycles. The molecule has 96 valence electrons. The summed E-state index contributed by atoms with van der Waals surface area (Å²) < 4.78 is 4.68. The Balaban J connectivity index is 2.65. The molecular weight excluding hydrogens is 230 g/mol. The zero-order chi connectivity index (χ0) is 13.5. The van der Waals surface area contributed by atoms with Crippen molar-refractivity contribution >= 4 is 17.6 Å². The van der Waals surface area contributed by atoms with Gasteiger partial charge < -0.3 is 10.1 Å². The standard InChI is InChI=1S/C14H17NO3/c1-4-18-14(17)9-8-13(16)15-12-7-5-6-10(2)11(12)3/h5-9H,4H2,1-3H3,(H,15,16)/b9-8+. The van der Waals surface area contributed by atoms with E-state index in [4.69, 9.17) is 0 Å². The Morgan fingerprint density at radius 3 is 2.67 bits per heavy atom. The Morgan fingerprint density at radius 1 is 1.28 bits per heavy atom. The van der Waals surface area contributed by atoms with E-state index in [2.05, 4.69) is 10.1 Å². The average molecular weight is 247 g/mol. The molecule has 0 heterocycles. The maximum atomic E-state index is 11.6. The van der Waals surface area contributed by atoms with E-state index in [0.717, 1.165) is 22.9 Å². The molecule has 0 unspecified atom stereocenters. The van der Waals surface area contributed by atoms with Gasteiger partial charge in [-0.2, -0.15) is 0 Å². The molecule has 0 saturated carbocycles. The fraction of sp³-hybridized carbons (Fsp3) is 0.286. The van der Waals surface area contributed by atoms with Crippen LogP contribution in [0.5, 0.6) is 0 Å². The van der Waals surface area contributed by atoms with Gasteiger partial charge in [0.05, 0.1) is 6.61 Å². The first-order valence-electron chi connectivity index (χ1n) is 5.76. The van der Waals surface area contributed by atoms with Crippen molar-refractivity contribution in [2.24, 2.45) is 0 Å². The van der Waals surface area contributed by atoms with Crippen LogP contribution in [0.3, 0.4) is 0 Å². The predicted molar refractivity (Wildman–Crippen MR) is 70.3 cm³/mol. The van der Waals surface area contributed by atoms with Gasteiger partial charge in [0.15, 0.2) is 0 Å². The van der Waals surface area contributed by atoms with E-state index in [1.165, 1.54) is 6.08 Å². The van der Waals surface area contributed by atoms with E-state index in [9.17, 15) is 9.59 Å². The number of amides is 1. The second-order valence-corrected chi connectivity index (χ2v) is 3.82. The van der Waals surface area contributed by atoms with Crippen LogP contribution in [0.2, 0.25) is 0 Å². The molecule has 0 aromatic heterocycles. The van der Waals surface area contributed by atoms with Crippen LogP contribution in [0.15, 0.2) is 30.4 Å². The van der Waals surface area contributed by atoms with Crippen LogP contribution in [0.1, 0.15) is 18.1 Å². The minimum atomic E-state index is -0.520. The van der Waals surface area contributed by atoms with Crippen LogP contribution in [-0.4, -0.2) is 18.5 Å². The molecule has 1 rings (SSSR count). The van der Waals surface area contributed by atoms with Crippen molar-refractivity contribution in [1.82, 2.24) is 0 Å². The summed E-state index contributed by atoms with van der Waals surface area (Å²) in [4.78, 5) is 22.6. The lowest BCUT2D eigenvalue weighted by Gasteiger charge is -2.08. The van der Waals surface area contributed by atoms with Crippen LogP contribution in [0.25, 0.3) is 0 Å². The normalized spacial score (nSPS) is 10.4. The number of aryl methyl sites for hydroxylation is 1. The fourth-order valence-electron chi connectivity index (χ4n) is 1.40. The third kappa shape index (κ3) is 4.05. The molecule has 0 aliphatic rings. The summed E-state index contributed by atoms with van der Waals surface area (Å²) in [5.74, 6) is -0.870. The van der Waals surface area contributed by atoms with Crippen molar-refractivity contribution in [2.75, 3.05) is 11.9 Å². The Kier molecular flexibility index (Phi) is 5.11. The van der Waals surface area contributed by atoms with Gasteiger partial charge in [0, 0.05) is 17.8 Å². The maximum Gasteiger partial charge on any atom is 0.330 e. The molecule has 4 heteroatoms. The summed E-state index contributed by atoms with van der Waals surface area (Å²) in [6.07, 6.45) is 2.28. The Labute approximate surface area is 107 Å². The smallest absolute Gasteiger partial charge is 0.330 e. The number of rotatable bonds is 4. The quantitative estimate of drug-likeness (QED) is 0.656. The number of carbonyl (C=O) groups is 2. The third-order valence-electron chi connectivity index (χ3n) is 2.52. The number of hydrogen-bond donors (Lipinski definition) is 1. The van der Waals surface area contributed by atoms with Crippen LogP contribution < -0.4 is 5.32 Å². The van der Waals surface area contributed by atoms with Crippen molar-refractivity contribution in [3.63, 3.8) is 0 Å². The molecule has 1 aromatic rings. The zero-order valence-corrected chi connectivity index (χ0v) is 10.8. The summed E-state index contributed by atoms with van der Waals surface area (Å²) in [6.45, 7) is 5.91. The van der Waals surface area contributed by atoms with Gasteiger partial charge in [-0.3, -0.25) is 4.79 Å². The molecule has 1 N–H and O–H groups in total. The molecule has 0 atom stereocenters. The SMILES string of the molecule is CCOC(=O)/C=C/C(=O)Nc1cccc(C)c1C. The molecule has 4 nitrogen and oxygen atoms in total. The van der Waals surface area contributed by atoms with Gasteiger partial charge in [-0.05, 0) is 38.0 Å². The lowest BCUT2D eigenvalue weighted by Crippen LogP contribution is -2.10. The highest BCUT2D eigenvalue weighted by Crippen LogP contribution is 2.17. The summed E-state index contributed by atoms with van der Waals surface area (Å²) in [6, 6.07) is 5.66. The number of ether oxygens (including phenoxy) is 1. The Morgan fingerprint density at radius 2 is 2.00 bits per heavy atom. The van der Waals surface area contributed by atoms with E-state index in [-0.39, 0.29) is 5.91 Å². The largest absolute Gasteiger partial charge is 0.463 e. The van der Waals surface area contributed by atoms with E-state index >= 15 is 0 Å². The van der Waals surface area contributed by atoms with E-state index < -0.39 is 5.97 Å². The van der Waals surface area contributed by atoms with E-state index in [1.54, 1.807) is 6.92 Å². The fourth-order valence-corrected chi connectivity index (χ4v) is 1.40. The highest BCUT2D eigenvalue weighted by atomic mass is 16.5. The van der Waals surface area contributed by atoms with Crippen molar-refractivity contribution < 1.29 is 14.3 Å². The molecule has 0 aliphatic heterocycles. The summed E-state index contributed by atoms with van der Waals surface area (Å²) in [5.41, 5.74) is 2.85. The molecule has 0 aliphatic carbocycles. The molecule has 1 amide bonds. The molecule has 18 heavy (non-hydrogen) atoms. The molecule has 0 fully saturated rings. The first-order chi connectivity index (χ1) is 8.54. The minimum Gasteiger partial charge on any atom is -0.463 e. The van der Waals surface area contributed by atoms with Crippen LogP contribution in [0, 0.1) is 13.8 Å². The van der Waals surface area contributed by atoms with Crippen molar-refractivity contribution in [2.45, 2.75) is 20.8 Å². The van der Waals surface area contributed by atoms with Crippen molar-refractivity contribution in [3.8, 4) is 0 Å². The minimum absolute atomic E-state index is 0.293. The molecule has 0 radical (unpaired) electrons. The van der Waals surface area contributed by atoms with Gasteiger partial charge >= 0.3 is 5.97 Å². The number of nitrogens with one attached hydrogen (secondary N) is 1. The van der Waals surface area contributed by atoms with Crippen molar-refractivity contribution in [1.29, 1.82) is 0 Å². The van der Waals surface area contributed by atoms with Gasteiger partial charge in [-0.1, -0.05) is 12.1 Å². The van der Waals surface area contributed by atoms with Crippen LogP contribution in [-0.2, 0) is 14.3 Å². The van der Waals surface area contributed by atoms with Gasteiger partial charge in [-0.15, -0.1) is 0 Å². The van der Waals surface area contributed by atoms with Crippen molar-refractivity contribution in [3.05, 3.63) is 41.5 Å². The molecule has 0 spiro atoms. The second kappa shape index (κ2) is 6.59. The highest BCUT2D eigenvalue weighted by molar-refractivity contribution is 6.02. The lowest BCUT2D eigenvalue weighted by atomic mass is 10.1. The first-order valence-corrected chi connectivity index (χ1v) is 5.76. The lowest BCUT2D eigenvalue weighted by molar-refractivity contribution is -0.137. The van der Waals surface area contributed by atoms with Gasteiger partial charge in [0.1, 0.15) is 0 Å². The summed E-state index contributed by atoms with van der Waals surface area (Å²) in [5, 5.41) is 2.71. The van der Waals surface area contributed by atoms with Gasteiger partial charge in [-0.25, -0.2) is 4.79 Å². The Bertz CT molecular complexity index is 478. The van der Waals surface area contributed by atoms with Gasteiger partial charge in [0.25, 0.3) is 0 Å². The number of esters is 1. The molecule has 1 aromatic carbocycles. The number of carbonyl (C=O) groups excluding carboxylic acids is 2. The van der Waals surface area contributed by atoms with E-state index in [1.807, 2.05) is 32.0 Å². The van der Waals surface area contributed by atoms with Crippen LogP contribution >= 0.6 is 0 Å². The Hall–Kier alpha value is -2.10. The number of hydrogen-bond acceptors (Lipinski definition) is 3. The molecule has 0 bridgehead atoms. The van der Waals surface area contributed by atoms with Crippen LogP contribution in [0.4, 0.5) is 5.69 Å². The second-order valence-electron chi connectivity index (χ2n) is 3.82. The number of benzene rings is 1. The molecular formula is C14H17NO3. The summed E-state index contributed by atoms with van der Waals surface area (Å²) >= 11 is 0. The highest BCUT2D eigenvalue weighted by Gasteiger charge is 2.03. The number of anilines is 1. The zero-order valence-electron chi connectivity index (χ0n) is 10.8. The topological polar surface area (TPSA) is 55.4 Å². The van der Waals surface area contributed by atoms with E-state index in [0.29, 0.717) is 6.61 Å². The predicted octanol–water partition coefficient (Wildman–Crippen LogP) is 2.36. The van der Waals surface area contributed by atoms with Gasteiger partial charge in [0.2, 0.25) is 5.91 Å². The average Bonchev–Trinajstić information content (AvgIpc) is 2.33. The summed E-state index contributed by atoms with van der Waals surface area (Å²) in [7, 11) is 0. The monoisotopic (exact) mass is 247 g/mol. The maximum absolute atomic E-state index is 11.6.